The second-order valence-corrected chi connectivity index (χ2v) is 4.96. The zero-order valence-electron chi connectivity index (χ0n) is 12.5. The third-order valence-electron chi connectivity index (χ3n) is 3.14. The molecule has 1 aliphatic heterocycles. The zero-order chi connectivity index (χ0) is 16.7. The summed E-state index contributed by atoms with van der Waals surface area (Å²) in [7, 11) is 0. The van der Waals surface area contributed by atoms with E-state index in [2.05, 4.69) is 5.32 Å². The number of hydrogen-bond donors (Lipinski definition) is 2. The van der Waals surface area contributed by atoms with Crippen LogP contribution in [-0.4, -0.2) is 54.3 Å². The highest BCUT2D eigenvalue weighted by Gasteiger charge is 2.21. The quantitative estimate of drug-likeness (QED) is 0.719. The molecule has 0 unspecified atom stereocenters. The number of aliphatic carboxylic acids is 1. The van der Waals surface area contributed by atoms with Gasteiger partial charge >= 0.3 is 5.97 Å². The van der Waals surface area contributed by atoms with Crippen molar-refractivity contribution in [1.29, 1.82) is 0 Å². The molecule has 1 aromatic rings. The van der Waals surface area contributed by atoms with Crippen molar-refractivity contribution < 1.29 is 29.1 Å². The molecular weight excluding hydrogens is 304 g/mol. The largest absolute Gasteiger partial charge is 0.480 e. The van der Waals surface area contributed by atoms with E-state index in [1.165, 1.54) is 5.06 Å². The normalized spacial score (nSPS) is 13.3. The van der Waals surface area contributed by atoms with Crippen LogP contribution >= 0.6 is 0 Å². The van der Waals surface area contributed by atoms with E-state index < -0.39 is 18.5 Å². The number of anilines is 1. The molecular formula is C15H18N2O6. The van der Waals surface area contributed by atoms with Crippen LogP contribution in [0.25, 0.3) is 0 Å². The lowest BCUT2D eigenvalue weighted by Crippen LogP contribution is -2.43. The van der Waals surface area contributed by atoms with Crippen LogP contribution in [0.1, 0.15) is 12.0 Å². The topological polar surface area (TPSA) is 105 Å². The van der Waals surface area contributed by atoms with Gasteiger partial charge in [-0.15, -0.1) is 0 Å². The van der Waals surface area contributed by atoms with Crippen molar-refractivity contribution in [2.45, 2.75) is 12.8 Å². The lowest BCUT2D eigenvalue weighted by atomic mass is 10.1. The average Bonchev–Trinajstić information content (AvgIpc) is 2.44. The molecule has 0 atom stereocenters. The Morgan fingerprint density at radius 2 is 1.91 bits per heavy atom. The van der Waals surface area contributed by atoms with Gasteiger partial charge in [0, 0.05) is 12.1 Å². The van der Waals surface area contributed by atoms with Gasteiger partial charge in [-0.1, -0.05) is 12.1 Å². The molecule has 2 rings (SSSR count). The molecule has 1 aliphatic rings. The first-order valence-electron chi connectivity index (χ1n) is 7.16. The van der Waals surface area contributed by atoms with Crippen LogP contribution in [0.5, 0.6) is 0 Å². The van der Waals surface area contributed by atoms with Crippen LogP contribution in [0.15, 0.2) is 24.3 Å². The number of hydrogen-bond acceptors (Lipinski definition) is 5. The molecule has 1 fully saturated rings. The Bertz CT molecular complexity index is 568. The lowest BCUT2D eigenvalue weighted by Gasteiger charge is -2.29. The van der Waals surface area contributed by atoms with Crippen molar-refractivity contribution in [2.24, 2.45) is 0 Å². The van der Waals surface area contributed by atoms with Gasteiger partial charge in [0.15, 0.2) is 0 Å². The predicted molar refractivity (Wildman–Crippen MR) is 79.5 cm³/mol. The molecule has 1 saturated heterocycles. The van der Waals surface area contributed by atoms with E-state index in [1.54, 1.807) is 12.1 Å². The number of carbonyl (C=O) groups is 3. The second-order valence-electron chi connectivity index (χ2n) is 4.96. The molecule has 2 N–H and O–H groups in total. The van der Waals surface area contributed by atoms with E-state index in [0.29, 0.717) is 31.7 Å². The van der Waals surface area contributed by atoms with E-state index in [9.17, 15) is 14.4 Å². The Morgan fingerprint density at radius 1 is 1.22 bits per heavy atom. The van der Waals surface area contributed by atoms with Gasteiger partial charge in [0.2, 0.25) is 11.8 Å². The number of rotatable bonds is 8. The monoisotopic (exact) mass is 322 g/mol. The van der Waals surface area contributed by atoms with E-state index in [4.69, 9.17) is 14.7 Å². The van der Waals surface area contributed by atoms with Crippen LogP contribution < -0.4 is 5.32 Å². The predicted octanol–water partition coefficient (Wildman–Crippen LogP) is 0.433. The third kappa shape index (κ3) is 5.68. The highest BCUT2D eigenvalue weighted by Crippen LogP contribution is 2.13. The van der Waals surface area contributed by atoms with Gasteiger partial charge in [0.25, 0.3) is 0 Å². The highest BCUT2D eigenvalue weighted by atomic mass is 16.7. The first-order chi connectivity index (χ1) is 11.0. The van der Waals surface area contributed by atoms with Crippen LogP contribution in [0, 0.1) is 0 Å². The van der Waals surface area contributed by atoms with Gasteiger partial charge in [-0.2, -0.15) is 0 Å². The van der Waals surface area contributed by atoms with Gasteiger partial charge in [-0.05, 0) is 24.1 Å². The number of benzene rings is 1. The van der Waals surface area contributed by atoms with Crippen LogP contribution in [0.4, 0.5) is 5.69 Å². The smallest absolute Gasteiger partial charge is 0.329 e. The molecule has 8 heteroatoms. The Kier molecular flexibility index (Phi) is 6.07. The molecule has 0 bridgehead atoms. The Labute approximate surface area is 132 Å². The van der Waals surface area contributed by atoms with Gasteiger partial charge in [-0.25, -0.2) is 9.86 Å². The fourth-order valence-electron chi connectivity index (χ4n) is 1.94. The number of nitrogens with one attached hydrogen (secondary N) is 1. The minimum atomic E-state index is -1.12. The molecule has 23 heavy (non-hydrogen) atoms. The molecule has 124 valence electrons. The number of hydroxylamine groups is 2. The Hall–Kier alpha value is -2.45. The maximum atomic E-state index is 11.6. The van der Waals surface area contributed by atoms with Crippen LogP contribution in [0.2, 0.25) is 0 Å². The minimum Gasteiger partial charge on any atom is -0.480 e. The van der Waals surface area contributed by atoms with E-state index >= 15 is 0 Å². The van der Waals surface area contributed by atoms with E-state index in [-0.39, 0.29) is 12.5 Å². The summed E-state index contributed by atoms with van der Waals surface area (Å²) in [4.78, 5) is 38.4. The molecule has 0 radical (unpaired) electrons. The number of carbonyl (C=O) groups excluding carboxylic acids is 2. The molecule has 0 aromatic heterocycles. The van der Waals surface area contributed by atoms with Crippen molar-refractivity contribution in [3.63, 3.8) is 0 Å². The molecule has 8 nitrogen and oxygen atoms in total. The first-order valence-corrected chi connectivity index (χ1v) is 7.16. The van der Waals surface area contributed by atoms with Crippen molar-refractivity contribution >= 4 is 23.5 Å². The molecule has 0 spiro atoms. The highest BCUT2D eigenvalue weighted by molar-refractivity contribution is 5.91. The maximum absolute atomic E-state index is 11.6. The summed E-state index contributed by atoms with van der Waals surface area (Å²) in [5, 5.41) is 12.3. The summed E-state index contributed by atoms with van der Waals surface area (Å²) < 4.78 is 4.69. The Balaban J connectivity index is 1.72. The van der Waals surface area contributed by atoms with Crippen LogP contribution in [0.3, 0.4) is 0 Å². The summed E-state index contributed by atoms with van der Waals surface area (Å²) in [5.74, 6) is -1.59. The summed E-state index contributed by atoms with van der Waals surface area (Å²) in [6.07, 6.45) is 0.962. The summed E-state index contributed by atoms with van der Waals surface area (Å²) in [6.45, 7) is 0.406. The number of carboxylic acid groups (broad SMARTS) is 1. The summed E-state index contributed by atoms with van der Waals surface area (Å²) >= 11 is 0. The van der Waals surface area contributed by atoms with Crippen molar-refractivity contribution in [1.82, 2.24) is 5.06 Å². The molecule has 0 aliphatic carbocycles. The third-order valence-corrected chi connectivity index (χ3v) is 3.14. The molecule has 1 heterocycles. The van der Waals surface area contributed by atoms with E-state index in [0.717, 1.165) is 5.56 Å². The number of aryl methyl sites for hydroxylation is 1. The van der Waals surface area contributed by atoms with Crippen molar-refractivity contribution in [3.05, 3.63) is 29.8 Å². The summed E-state index contributed by atoms with van der Waals surface area (Å²) in [5.41, 5.74) is 1.55. The molecule has 0 saturated carbocycles. The standard InChI is InChI=1S/C15H18N2O6/c18-13(9-22-10-15(20)21)16-12-4-1-11(2-5-12)3-6-14(19)17-7-8-23-17/h1-2,4-5H,3,6-10H2,(H,16,18)(H,20,21). The SMILES string of the molecule is O=C(O)COCC(=O)Nc1ccc(CCC(=O)N2CCO2)cc1. The van der Waals surface area contributed by atoms with Gasteiger partial charge in [0.05, 0.1) is 13.2 Å². The van der Waals surface area contributed by atoms with Gasteiger partial charge < -0.3 is 15.2 Å². The van der Waals surface area contributed by atoms with Crippen molar-refractivity contribution in [2.75, 3.05) is 31.7 Å². The van der Waals surface area contributed by atoms with E-state index in [1.807, 2.05) is 12.1 Å². The lowest BCUT2D eigenvalue weighted by molar-refractivity contribution is -0.239. The number of ether oxygens (including phenoxy) is 1. The number of amides is 2. The number of nitrogens with zero attached hydrogens (tertiary/aromatic N) is 1. The van der Waals surface area contributed by atoms with Crippen molar-refractivity contribution in [3.8, 4) is 0 Å². The summed E-state index contributed by atoms with van der Waals surface area (Å²) in [6, 6.07) is 7.07. The fraction of sp³-hybridized carbons (Fsp3) is 0.400. The Morgan fingerprint density at radius 3 is 2.48 bits per heavy atom. The minimum absolute atomic E-state index is 0.0378. The molecule has 2 amide bonds. The fourth-order valence-corrected chi connectivity index (χ4v) is 1.94. The average molecular weight is 322 g/mol. The first kappa shape index (κ1) is 16.9. The van der Waals surface area contributed by atoms with Gasteiger partial charge in [0.1, 0.15) is 13.2 Å². The maximum Gasteiger partial charge on any atom is 0.329 e. The molecule has 1 aromatic carbocycles. The second kappa shape index (κ2) is 8.25. The zero-order valence-corrected chi connectivity index (χ0v) is 12.5. The number of carboxylic acids is 1. The van der Waals surface area contributed by atoms with Gasteiger partial charge in [-0.3, -0.25) is 14.4 Å². The van der Waals surface area contributed by atoms with Crippen LogP contribution in [-0.2, 0) is 30.4 Å².